The first-order valence-corrected chi connectivity index (χ1v) is 2.87. The van der Waals surface area contributed by atoms with Crippen LogP contribution in [0.1, 0.15) is 13.8 Å². The van der Waals surface area contributed by atoms with Crippen molar-refractivity contribution in [3.8, 4) is 0 Å². The fraction of sp³-hybridized carbons (Fsp3) is 0.429. The minimum absolute atomic E-state index is 0.486. The van der Waals surface area contributed by atoms with Gasteiger partial charge in [-0.3, -0.25) is 10.4 Å². The van der Waals surface area contributed by atoms with E-state index in [1.54, 1.807) is 13.1 Å². The number of hydrogen-bond donors (Lipinski definition) is 1. The maximum atomic E-state index is 7.28. The lowest BCUT2D eigenvalue weighted by Crippen LogP contribution is -2.04. The average Bonchev–Trinajstić information content (AvgIpc) is 1.87. The molecule has 0 aromatic rings. The number of nitrogens with zero attached hydrogens (tertiary/aromatic N) is 1. The standard InChI is InChI=1S/C7H12N2/c1-4-5-7(8)6(2)9-3/h4-5,8H,1-3H3/b5-4-,8-7?,9-6?. The van der Waals surface area contributed by atoms with Gasteiger partial charge in [-0.2, -0.15) is 0 Å². The molecule has 50 valence electrons. The van der Waals surface area contributed by atoms with Crippen LogP contribution in [0.25, 0.3) is 0 Å². The quantitative estimate of drug-likeness (QED) is 0.544. The predicted molar refractivity (Wildman–Crippen MR) is 41.6 cm³/mol. The SMILES string of the molecule is C/C=C\C(=N)C(C)=NC. The zero-order chi connectivity index (χ0) is 7.28. The molecule has 0 aliphatic rings. The minimum Gasteiger partial charge on any atom is -0.299 e. The maximum Gasteiger partial charge on any atom is 0.0743 e. The van der Waals surface area contributed by atoms with Crippen LogP contribution in [0.3, 0.4) is 0 Å². The second-order valence-electron chi connectivity index (χ2n) is 1.72. The first-order valence-electron chi connectivity index (χ1n) is 2.87. The maximum absolute atomic E-state index is 7.28. The number of allylic oxidation sites excluding steroid dienone is 2. The van der Waals surface area contributed by atoms with Crippen LogP contribution >= 0.6 is 0 Å². The van der Waals surface area contributed by atoms with Crippen LogP contribution in [0.4, 0.5) is 0 Å². The van der Waals surface area contributed by atoms with E-state index < -0.39 is 0 Å². The summed E-state index contributed by atoms with van der Waals surface area (Å²) in [5, 5.41) is 7.28. The van der Waals surface area contributed by atoms with E-state index in [-0.39, 0.29) is 0 Å². The van der Waals surface area contributed by atoms with Crippen molar-refractivity contribution >= 4 is 11.4 Å². The van der Waals surface area contributed by atoms with Gasteiger partial charge < -0.3 is 0 Å². The molecule has 2 nitrogen and oxygen atoms in total. The molecule has 0 atom stereocenters. The van der Waals surface area contributed by atoms with Gasteiger partial charge in [-0.1, -0.05) is 6.08 Å². The van der Waals surface area contributed by atoms with E-state index in [2.05, 4.69) is 4.99 Å². The lowest BCUT2D eigenvalue weighted by atomic mass is 10.2. The van der Waals surface area contributed by atoms with E-state index >= 15 is 0 Å². The highest BCUT2D eigenvalue weighted by Crippen LogP contribution is 1.82. The van der Waals surface area contributed by atoms with Crippen LogP contribution in [0.15, 0.2) is 17.1 Å². The Kier molecular flexibility index (Phi) is 3.60. The van der Waals surface area contributed by atoms with Gasteiger partial charge in [-0.25, -0.2) is 0 Å². The molecule has 0 spiro atoms. The lowest BCUT2D eigenvalue weighted by molar-refractivity contribution is 1.42. The van der Waals surface area contributed by atoms with Gasteiger partial charge >= 0.3 is 0 Å². The highest BCUT2D eigenvalue weighted by atomic mass is 14.7. The molecular weight excluding hydrogens is 112 g/mol. The molecule has 0 bridgehead atoms. The zero-order valence-electron chi connectivity index (χ0n) is 6.10. The van der Waals surface area contributed by atoms with Crippen molar-refractivity contribution in [3.63, 3.8) is 0 Å². The molecule has 2 heteroatoms. The lowest BCUT2D eigenvalue weighted by Gasteiger charge is -1.91. The Morgan fingerprint density at radius 1 is 1.56 bits per heavy atom. The highest BCUT2D eigenvalue weighted by Gasteiger charge is 1.91. The molecule has 0 unspecified atom stereocenters. The van der Waals surface area contributed by atoms with Crippen molar-refractivity contribution in [1.29, 1.82) is 5.41 Å². The summed E-state index contributed by atoms with van der Waals surface area (Å²) >= 11 is 0. The minimum atomic E-state index is 0.486. The molecule has 0 saturated carbocycles. The molecule has 0 aliphatic carbocycles. The Balaban J connectivity index is 4.05. The number of rotatable bonds is 2. The summed E-state index contributed by atoms with van der Waals surface area (Å²) in [7, 11) is 1.69. The molecule has 0 fully saturated rings. The summed E-state index contributed by atoms with van der Waals surface area (Å²) in [5.74, 6) is 0. The van der Waals surface area contributed by atoms with Crippen LogP contribution in [-0.4, -0.2) is 18.5 Å². The van der Waals surface area contributed by atoms with E-state index in [9.17, 15) is 0 Å². The van der Waals surface area contributed by atoms with E-state index in [1.807, 2.05) is 19.9 Å². The average molecular weight is 124 g/mol. The van der Waals surface area contributed by atoms with Crippen molar-refractivity contribution in [2.24, 2.45) is 4.99 Å². The van der Waals surface area contributed by atoms with Gasteiger partial charge in [0.05, 0.1) is 11.4 Å². The van der Waals surface area contributed by atoms with Crippen molar-refractivity contribution in [2.45, 2.75) is 13.8 Å². The predicted octanol–water partition coefficient (Wildman–Crippen LogP) is 1.67. The summed E-state index contributed by atoms with van der Waals surface area (Å²) in [5.41, 5.74) is 1.26. The van der Waals surface area contributed by atoms with Gasteiger partial charge in [0, 0.05) is 7.05 Å². The van der Waals surface area contributed by atoms with Crippen LogP contribution < -0.4 is 0 Å². The first-order chi connectivity index (χ1) is 4.22. The van der Waals surface area contributed by atoms with E-state index in [1.165, 1.54) is 0 Å². The Morgan fingerprint density at radius 3 is 2.44 bits per heavy atom. The Labute approximate surface area is 55.8 Å². The van der Waals surface area contributed by atoms with Crippen LogP contribution in [0.2, 0.25) is 0 Å². The summed E-state index contributed by atoms with van der Waals surface area (Å²) in [4.78, 5) is 3.85. The Bertz CT molecular complexity index is 154. The van der Waals surface area contributed by atoms with Gasteiger partial charge in [0.15, 0.2) is 0 Å². The molecule has 0 amide bonds. The third-order valence-corrected chi connectivity index (χ3v) is 1.06. The van der Waals surface area contributed by atoms with Crippen molar-refractivity contribution in [3.05, 3.63) is 12.2 Å². The van der Waals surface area contributed by atoms with Gasteiger partial charge in [0.25, 0.3) is 0 Å². The van der Waals surface area contributed by atoms with Gasteiger partial charge in [-0.05, 0) is 19.9 Å². The van der Waals surface area contributed by atoms with Crippen molar-refractivity contribution in [1.82, 2.24) is 0 Å². The monoisotopic (exact) mass is 124 g/mol. The normalized spacial score (nSPS) is 12.6. The Morgan fingerprint density at radius 2 is 2.11 bits per heavy atom. The number of hydrogen-bond acceptors (Lipinski definition) is 2. The number of aliphatic imine (C=N–C) groups is 1. The molecule has 0 aliphatic heterocycles. The van der Waals surface area contributed by atoms with Crippen molar-refractivity contribution in [2.75, 3.05) is 7.05 Å². The van der Waals surface area contributed by atoms with Crippen LogP contribution in [-0.2, 0) is 0 Å². The fourth-order valence-corrected chi connectivity index (χ4v) is 0.408. The first kappa shape index (κ1) is 8.08. The van der Waals surface area contributed by atoms with E-state index in [0.717, 1.165) is 5.71 Å². The second-order valence-corrected chi connectivity index (χ2v) is 1.72. The van der Waals surface area contributed by atoms with Gasteiger partial charge in [0.2, 0.25) is 0 Å². The summed E-state index contributed by atoms with van der Waals surface area (Å²) < 4.78 is 0. The Hall–Kier alpha value is -0.920. The fourth-order valence-electron chi connectivity index (χ4n) is 0.408. The van der Waals surface area contributed by atoms with Crippen LogP contribution in [0.5, 0.6) is 0 Å². The molecule has 0 heterocycles. The zero-order valence-corrected chi connectivity index (χ0v) is 6.10. The molecule has 0 aromatic carbocycles. The third kappa shape index (κ3) is 2.80. The summed E-state index contributed by atoms with van der Waals surface area (Å²) in [6, 6.07) is 0. The van der Waals surface area contributed by atoms with Crippen LogP contribution in [0, 0.1) is 5.41 Å². The molecule has 0 aromatic heterocycles. The van der Waals surface area contributed by atoms with E-state index in [4.69, 9.17) is 5.41 Å². The van der Waals surface area contributed by atoms with Gasteiger partial charge in [0.1, 0.15) is 0 Å². The third-order valence-electron chi connectivity index (χ3n) is 1.06. The summed E-state index contributed by atoms with van der Waals surface area (Å²) in [6.07, 6.45) is 3.55. The largest absolute Gasteiger partial charge is 0.299 e. The molecule has 0 radical (unpaired) electrons. The van der Waals surface area contributed by atoms with E-state index in [0.29, 0.717) is 5.71 Å². The summed E-state index contributed by atoms with van der Waals surface area (Å²) in [6.45, 7) is 3.71. The smallest absolute Gasteiger partial charge is 0.0743 e. The second kappa shape index (κ2) is 4.01. The highest BCUT2D eigenvalue weighted by molar-refractivity contribution is 6.44. The van der Waals surface area contributed by atoms with Gasteiger partial charge in [-0.15, -0.1) is 0 Å². The van der Waals surface area contributed by atoms with Crippen molar-refractivity contribution < 1.29 is 0 Å². The molecule has 0 rings (SSSR count). The molecule has 0 saturated heterocycles. The molecule has 9 heavy (non-hydrogen) atoms. The molecular formula is C7H12N2. The number of nitrogens with one attached hydrogen (secondary N) is 1. The molecule has 1 N–H and O–H groups in total. The topological polar surface area (TPSA) is 36.2 Å².